The van der Waals surface area contributed by atoms with Crippen LogP contribution < -0.4 is 10.3 Å². The first-order chi connectivity index (χ1) is 14.0. The van der Waals surface area contributed by atoms with Crippen LogP contribution in [0, 0.1) is 0 Å². The first kappa shape index (κ1) is 18.8. The van der Waals surface area contributed by atoms with Gasteiger partial charge in [0, 0.05) is 17.8 Å². The normalized spacial score (nSPS) is 11.3. The average Bonchev–Trinajstić information content (AvgIpc) is 3.06. The summed E-state index contributed by atoms with van der Waals surface area (Å²) in [5.41, 5.74) is 3.39. The Bertz CT molecular complexity index is 1200. The molecule has 0 fully saturated rings. The lowest BCUT2D eigenvalue weighted by Gasteiger charge is -2.13. The van der Waals surface area contributed by atoms with E-state index in [1.165, 1.54) is 12.1 Å². The molecular formula is C21H17F2N3O3. The van der Waals surface area contributed by atoms with Gasteiger partial charge in [-0.05, 0) is 35.4 Å². The van der Waals surface area contributed by atoms with E-state index in [0.29, 0.717) is 16.9 Å². The van der Waals surface area contributed by atoms with Gasteiger partial charge in [0.2, 0.25) is 5.56 Å². The van der Waals surface area contributed by atoms with Crippen molar-refractivity contribution in [2.75, 3.05) is 0 Å². The fraction of sp³-hybridized carbons (Fsp3) is 0.143. The van der Waals surface area contributed by atoms with E-state index in [0.717, 1.165) is 16.6 Å². The number of benzene rings is 2. The summed E-state index contributed by atoms with van der Waals surface area (Å²) in [7, 11) is 0. The van der Waals surface area contributed by atoms with E-state index >= 15 is 0 Å². The summed E-state index contributed by atoms with van der Waals surface area (Å²) in [5, 5.41) is 9.75. The maximum atomic E-state index is 12.7. The monoisotopic (exact) mass is 397 g/mol. The van der Waals surface area contributed by atoms with Crippen LogP contribution in [-0.2, 0) is 13.2 Å². The fourth-order valence-corrected chi connectivity index (χ4v) is 3.26. The molecule has 4 rings (SSSR count). The van der Waals surface area contributed by atoms with Crippen molar-refractivity contribution >= 4 is 11.0 Å². The molecule has 2 aromatic carbocycles. The summed E-state index contributed by atoms with van der Waals surface area (Å²) in [6.07, 6.45) is 1.61. The quantitative estimate of drug-likeness (QED) is 0.522. The minimum Gasteiger partial charge on any atom is -0.434 e. The number of imidazole rings is 1. The summed E-state index contributed by atoms with van der Waals surface area (Å²) in [4.78, 5) is 18.4. The van der Waals surface area contributed by atoms with Gasteiger partial charge in [0.1, 0.15) is 18.2 Å². The fourth-order valence-electron chi connectivity index (χ4n) is 3.26. The largest absolute Gasteiger partial charge is 0.434 e. The molecule has 0 saturated heterocycles. The number of nitrogens with one attached hydrogen (secondary N) is 1. The van der Waals surface area contributed by atoms with E-state index in [9.17, 15) is 18.7 Å². The van der Waals surface area contributed by atoms with Crippen molar-refractivity contribution in [2.45, 2.75) is 19.8 Å². The van der Waals surface area contributed by atoms with Gasteiger partial charge in [0.05, 0.1) is 17.6 Å². The van der Waals surface area contributed by atoms with Gasteiger partial charge in [-0.25, -0.2) is 4.98 Å². The molecule has 0 bridgehead atoms. The molecule has 8 heteroatoms. The minimum atomic E-state index is -2.93. The van der Waals surface area contributed by atoms with Crippen LogP contribution in [0.2, 0.25) is 0 Å². The van der Waals surface area contributed by atoms with Crippen LogP contribution in [0.1, 0.15) is 11.4 Å². The topological polar surface area (TPSA) is 80.1 Å². The zero-order valence-electron chi connectivity index (χ0n) is 15.2. The minimum absolute atomic E-state index is 0.0741. The molecule has 29 heavy (non-hydrogen) atoms. The third kappa shape index (κ3) is 3.88. The number of hydrogen-bond acceptors (Lipinski definition) is 4. The Labute approximate surface area is 164 Å². The van der Waals surface area contributed by atoms with E-state index in [1.54, 1.807) is 35.0 Å². The number of fused-ring (bicyclic) bond motifs is 1. The Morgan fingerprint density at radius 2 is 1.90 bits per heavy atom. The van der Waals surface area contributed by atoms with Crippen molar-refractivity contribution in [1.82, 2.24) is 14.5 Å². The van der Waals surface area contributed by atoms with Gasteiger partial charge in [-0.1, -0.05) is 24.3 Å². The van der Waals surface area contributed by atoms with Crippen molar-refractivity contribution in [3.63, 3.8) is 0 Å². The lowest BCUT2D eigenvalue weighted by Crippen LogP contribution is -2.09. The first-order valence-electron chi connectivity index (χ1n) is 8.87. The summed E-state index contributed by atoms with van der Waals surface area (Å²) in [5.74, 6) is 0.482. The van der Waals surface area contributed by atoms with Crippen LogP contribution >= 0.6 is 0 Å². The highest BCUT2D eigenvalue weighted by molar-refractivity contribution is 5.82. The molecular weight excluding hydrogens is 380 g/mol. The number of hydrogen-bond donors (Lipinski definition) is 2. The highest BCUT2D eigenvalue weighted by Crippen LogP contribution is 2.27. The molecule has 6 nitrogen and oxygen atoms in total. The van der Waals surface area contributed by atoms with Gasteiger partial charge in [0.15, 0.2) is 0 Å². The van der Waals surface area contributed by atoms with E-state index < -0.39 is 6.61 Å². The maximum absolute atomic E-state index is 12.7. The van der Waals surface area contributed by atoms with E-state index in [2.05, 4.69) is 14.7 Å². The van der Waals surface area contributed by atoms with Crippen molar-refractivity contribution in [3.8, 4) is 16.9 Å². The molecule has 0 aliphatic heterocycles. The SMILES string of the molecule is O=c1ccc(-c2ccc3nc(CO)n(Cc4ccccc4OC(F)F)c3c2)c[nH]1. The first-order valence-corrected chi connectivity index (χ1v) is 8.87. The number of para-hydroxylation sites is 1. The number of aromatic amines is 1. The number of ether oxygens (including phenoxy) is 1. The number of rotatable bonds is 6. The van der Waals surface area contributed by atoms with E-state index in [-0.39, 0.29) is 24.5 Å². The van der Waals surface area contributed by atoms with Crippen molar-refractivity contribution < 1.29 is 18.6 Å². The zero-order valence-corrected chi connectivity index (χ0v) is 15.2. The second-order valence-electron chi connectivity index (χ2n) is 6.40. The van der Waals surface area contributed by atoms with Gasteiger partial charge in [-0.3, -0.25) is 4.79 Å². The van der Waals surface area contributed by atoms with Gasteiger partial charge in [-0.15, -0.1) is 0 Å². The molecule has 148 valence electrons. The number of aliphatic hydroxyl groups is 1. The smallest absolute Gasteiger partial charge is 0.387 e. The van der Waals surface area contributed by atoms with Crippen molar-refractivity contribution in [1.29, 1.82) is 0 Å². The number of aliphatic hydroxyl groups excluding tert-OH is 1. The van der Waals surface area contributed by atoms with Crippen molar-refractivity contribution in [3.05, 3.63) is 82.5 Å². The molecule has 2 heterocycles. The highest BCUT2D eigenvalue weighted by atomic mass is 19.3. The lowest BCUT2D eigenvalue weighted by atomic mass is 10.1. The number of alkyl halides is 2. The number of pyridine rings is 1. The molecule has 0 spiro atoms. The van der Waals surface area contributed by atoms with Crippen molar-refractivity contribution in [2.24, 2.45) is 0 Å². The van der Waals surface area contributed by atoms with Crippen LogP contribution in [-0.4, -0.2) is 26.3 Å². The Balaban J connectivity index is 1.80. The second-order valence-corrected chi connectivity index (χ2v) is 6.40. The predicted molar refractivity (Wildman–Crippen MR) is 104 cm³/mol. The molecule has 4 aromatic rings. The van der Waals surface area contributed by atoms with Gasteiger partial charge in [-0.2, -0.15) is 8.78 Å². The highest BCUT2D eigenvalue weighted by Gasteiger charge is 2.15. The Hall–Kier alpha value is -3.52. The van der Waals surface area contributed by atoms with Gasteiger partial charge < -0.3 is 19.4 Å². The van der Waals surface area contributed by atoms with E-state index in [1.807, 2.05) is 18.2 Å². The summed E-state index contributed by atoms with van der Waals surface area (Å²) < 4.78 is 31.9. The molecule has 2 aromatic heterocycles. The standard InChI is InChI=1S/C21H17F2N3O3/c22-21(23)29-18-4-2-1-3-15(18)11-26-17-9-13(14-6-8-20(28)24-10-14)5-7-16(17)25-19(26)12-27/h1-10,21,27H,11-12H2,(H,24,28). The van der Waals surface area contributed by atoms with Crippen LogP contribution in [0.15, 0.2) is 65.6 Å². The van der Waals surface area contributed by atoms with Crippen LogP contribution in [0.4, 0.5) is 8.78 Å². The van der Waals surface area contributed by atoms with Gasteiger partial charge >= 0.3 is 6.61 Å². The summed E-state index contributed by atoms with van der Waals surface area (Å²) in [6, 6.07) is 15.2. The number of H-pyrrole nitrogens is 1. The average molecular weight is 397 g/mol. The lowest BCUT2D eigenvalue weighted by molar-refractivity contribution is -0.0504. The van der Waals surface area contributed by atoms with Gasteiger partial charge in [0.25, 0.3) is 0 Å². The van der Waals surface area contributed by atoms with Crippen LogP contribution in [0.3, 0.4) is 0 Å². The Morgan fingerprint density at radius 1 is 1.10 bits per heavy atom. The molecule has 0 aliphatic rings. The molecule has 2 N–H and O–H groups in total. The predicted octanol–water partition coefficient (Wildman–Crippen LogP) is 3.53. The Kier molecular flexibility index (Phi) is 5.09. The third-order valence-electron chi connectivity index (χ3n) is 4.60. The summed E-state index contributed by atoms with van der Waals surface area (Å²) >= 11 is 0. The third-order valence-corrected chi connectivity index (χ3v) is 4.60. The zero-order chi connectivity index (χ0) is 20.4. The second kappa shape index (κ2) is 7.84. The number of nitrogens with zero attached hydrogens (tertiary/aromatic N) is 2. The van der Waals surface area contributed by atoms with E-state index in [4.69, 9.17) is 0 Å². The van der Waals surface area contributed by atoms with Crippen LogP contribution in [0.25, 0.3) is 22.2 Å². The molecule has 0 atom stereocenters. The number of halogens is 2. The Morgan fingerprint density at radius 3 is 2.62 bits per heavy atom. The molecule has 0 unspecified atom stereocenters. The summed E-state index contributed by atoms with van der Waals surface area (Å²) in [6.45, 7) is -3.04. The maximum Gasteiger partial charge on any atom is 0.387 e. The molecule has 0 saturated carbocycles. The van der Waals surface area contributed by atoms with Crippen LogP contribution in [0.5, 0.6) is 5.75 Å². The molecule has 0 radical (unpaired) electrons. The molecule has 0 aliphatic carbocycles. The number of aromatic nitrogens is 3. The molecule has 0 amide bonds.